The Morgan fingerprint density at radius 2 is 1.70 bits per heavy atom. The van der Waals surface area contributed by atoms with Crippen molar-refractivity contribution in [1.29, 1.82) is 0 Å². The van der Waals surface area contributed by atoms with E-state index < -0.39 is 28.3 Å². The molecule has 0 aliphatic heterocycles. The third-order valence-electron chi connectivity index (χ3n) is 4.36. The third kappa shape index (κ3) is 5.75. The van der Waals surface area contributed by atoms with Crippen molar-refractivity contribution < 1.29 is 17.6 Å². The number of benzene rings is 3. The molecular formula is C22H20BrFN2O3S. The summed E-state index contributed by atoms with van der Waals surface area (Å²) in [5.41, 5.74) is 1.92. The summed E-state index contributed by atoms with van der Waals surface area (Å²) in [7, 11) is -3.93. The predicted molar refractivity (Wildman–Crippen MR) is 118 cm³/mol. The van der Waals surface area contributed by atoms with Crippen molar-refractivity contribution >= 4 is 37.5 Å². The minimum atomic E-state index is -3.93. The monoisotopic (exact) mass is 490 g/mol. The molecule has 0 aromatic heterocycles. The molecule has 1 N–H and O–H groups in total. The first kappa shape index (κ1) is 22.1. The van der Waals surface area contributed by atoms with Crippen LogP contribution >= 0.6 is 15.9 Å². The number of nitrogens with one attached hydrogen (secondary N) is 1. The number of nitrogens with zero attached hydrogens (tertiary/aromatic N) is 1. The van der Waals surface area contributed by atoms with Gasteiger partial charge in [-0.15, -0.1) is 0 Å². The SMILES string of the molecule is Cc1ccc(S(=O)(=O)N(CC(=O)Nc2cccc(F)c2)Cc2ccc(Br)cc2)cc1. The molecule has 3 aromatic carbocycles. The Labute approximate surface area is 183 Å². The molecule has 0 saturated heterocycles. The van der Waals surface area contributed by atoms with E-state index in [4.69, 9.17) is 0 Å². The van der Waals surface area contributed by atoms with Crippen molar-refractivity contribution in [3.63, 3.8) is 0 Å². The highest BCUT2D eigenvalue weighted by Gasteiger charge is 2.27. The van der Waals surface area contributed by atoms with Gasteiger partial charge in [0.1, 0.15) is 5.82 Å². The van der Waals surface area contributed by atoms with E-state index in [-0.39, 0.29) is 17.1 Å². The zero-order valence-electron chi connectivity index (χ0n) is 16.2. The molecule has 0 heterocycles. The molecule has 0 unspecified atom stereocenters. The molecule has 0 fully saturated rings. The number of sulfonamides is 1. The highest BCUT2D eigenvalue weighted by atomic mass is 79.9. The van der Waals surface area contributed by atoms with E-state index in [1.807, 2.05) is 6.92 Å². The van der Waals surface area contributed by atoms with Crippen LogP contribution in [0.1, 0.15) is 11.1 Å². The summed E-state index contributed by atoms with van der Waals surface area (Å²) in [6.07, 6.45) is 0. The molecule has 0 atom stereocenters. The van der Waals surface area contributed by atoms with E-state index in [1.54, 1.807) is 36.4 Å². The quantitative estimate of drug-likeness (QED) is 0.520. The second kappa shape index (κ2) is 9.51. The maximum Gasteiger partial charge on any atom is 0.243 e. The Morgan fingerprint density at radius 3 is 2.33 bits per heavy atom. The first-order valence-corrected chi connectivity index (χ1v) is 11.3. The van der Waals surface area contributed by atoms with E-state index in [1.165, 1.54) is 36.4 Å². The summed E-state index contributed by atoms with van der Waals surface area (Å²) in [6.45, 7) is 1.46. The van der Waals surface area contributed by atoms with Gasteiger partial charge in [0.05, 0.1) is 11.4 Å². The van der Waals surface area contributed by atoms with Gasteiger partial charge in [0, 0.05) is 16.7 Å². The summed E-state index contributed by atoms with van der Waals surface area (Å²) in [5.74, 6) is -1.06. The largest absolute Gasteiger partial charge is 0.325 e. The molecule has 156 valence electrons. The molecule has 0 aliphatic rings. The lowest BCUT2D eigenvalue weighted by molar-refractivity contribution is -0.116. The zero-order valence-corrected chi connectivity index (χ0v) is 18.6. The third-order valence-corrected chi connectivity index (χ3v) is 6.69. The van der Waals surface area contributed by atoms with Crippen molar-refractivity contribution in [2.24, 2.45) is 0 Å². The van der Waals surface area contributed by atoms with Crippen LogP contribution in [0.15, 0.2) is 82.2 Å². The first-order valence-electron chi connectivity index (χ1n) is 9.11. The number of carbonyl (C=O) groups excluding carboxylic acids is 1. The van der Waals surface area contributed by atoms with Crippen molar-refractivity contribution in [3.05, 3.63) is 94.2 Å². The van der Waals surface area contributed by atoms with Gasteiger partial charge in [-0.2, -0.15) is 4.31 Å². The first-order chi connectivity index (χ1) is 14.2. The highest BCUT2D eigenvalue weighted by Crippen LogP contribution is 2.20. The van der Waals surface area contributed by atoms with E-state index in [0.717, 1.165) is 19.9 Å². The molecule has 1 amide bonds. The number of rotatable bonds is 7. The summed E-state index contributed by atoms with van der Waals surface area (Å²) in [5, 5.41) is 2.55. The van der Waals surface area contributed by atoms with Crippen molar-refractivity contribution in [1.82, 2.24) is 4.31 Å². The van der Waals surface area contributed by atoms with Gasteiger partial charge in [-0.1, -0.05) is 51.8 Å². The lowest BCUT2D eigenvalue weighted by Crippen LogP contribution is -2.37. The summed E-state index contributed by atoms with van der Waals surface area (Å²) >= 11 is 3.35. The van der Waals surface area contributed by atoms with Gasteiger partial charge >= 0.3 is 0 Å². The van der Waals surface area contributed by atoms with Gasteiger partial charge in [0.25, 0.3) is 0 Å². The maximum atomic E-state index is 13.4. The van der Waals surface area contributed by atoms with Crippen LogP contribution in [0.2, 0.25) is 0 Å². The predicted octanol–water partition coefficient (Wildman–Crippen LogP) is 4.73. The van der Waals surface area contributed by atoms with Crippen molar-refractivity contribution in [3.8, 4) is 0 Å². The zero-order chi connectivity index (χ0) is 21.7. The second-order valence-electron chi connectivity index (χ2n) is 6.77. The van der Waals surface area contributed by atoms with Crippen LogP contribution in [-0.2, 0) is 21.4 Å². The Balaban J connectivity index is 1.87. The van der Waals surface area contributed by atoms with Crippen LogP contribution in [-0.4, -0.2) is 25.2 Å². The van der Waals surface area contributed by atoms with Gasteiger partial charge in [0.15, 0.2) is 0 Å². The van der Waals surface area contributed by atoms with Gasteiger partial charge in [0.2, 0.25) is 15.9 Å². The van der Waals surface area contributed by atoms with Crippen LogP contribution in [0.3, 0.4) is 0 Å². The average molecular weight is 491 g/mol. The summed E-state index contributed by atoms with van der Waals surface area (Å²) in [6, 6.07) is 19.1. The molecule has 0 aliphatic carbocycles. The molecule has 0 bridgehead atoms. The molecule has 3 aromatic rings. The van der Waals surface area contributed by atoms with E-state index in [9.17, 15) is 17.6 Å². The van der Waals surface area contributed by atoms with E-state index in [2.05, 4.69) is 21.2 Å². The summed E-state index contributed by atoms with van der Waals surface area (Å²) < 4.78 is 41.8. The molecule has 5 nitrogen and oxygen atoms in total. The van der Waals surface area contributed by atoms with Gasteiger partial charge in [-0.25, -0.2) is 12.8 Å². The Morgan fingerprint density at radius 1 is 1.03 bits per heavy atom. The fraction of sp³-hybridized carbons (Fsp3) is 0.136. The Kier molecular flexibility index (Phi) is 7.02. The molecular weight excluding hydrogens is 471 g/mol. The van der Waals surface area contributed by atoms with Crippen LogP contribution in [0, 0.1) is 12.7 Å². The van der Waals surface area contributed by atoms with Gasteiger partial charge in [-0.3, -0.25) is 4.79 Å². The van der Waals surface area contributed by atoms with Crippen molar-refractivity contribution in [2.45, 2.75) is 18.4 Å². The number of halogens is 2. The number of carbonyl (C=O) groups is 1. The van der Waals surface area contributed by atoms with Gasteiger partial charge < -0.3 is 5.32 Å². The summed E-state index contributed by atoms with van der Waals surface area (Å²) in [4.78, 5) is 12.7. The number of hydrogen-bond donors (Lipinski definition) is 1. The van der Waals surface area contributed by atoms with Crippen LogP contribution in [0.4, 0.5) is 10.1 Å². The Hall–Kier alpha value is -2.55. The number of aryl methyl sites for hydroxylation is 1. The minimum absolute atomic E-state index is 0.0139. The fourth-order valence-electron chi connectivity index (χ4n) is 2.81. The highest BCUT2D eigenvalue weighted by molar-refractivity contribution is 9.10. The fourth-order valence-corrected chi connectivity index (χ4v) is 4.45. The lowest BCUT2D eigenvalue weighted by Gasteiger charge is -2.22. The molecule has 8 heteroatoms. The lowest BCUT2D eigenvalue weighted by atomic mass is 10.2. The minimum Gasteiger partial charge on any atom is -0.325 e. The topological polar surface area (TPSA) is 66.5 Å². The Bertz CT molecular complexity index is 1130. The smallest absolute Gasteiger partial charge is 0.243 e. The van der Waals surface area contributed by atoms with Crippen molar-refractivity contribution in [2.75, 3.05) is 11.9 Å². The van der Waals surface area contributed by atoms with Crippen LogP contribution in [0.5, 0.6) is 0 Å². The normalized spacial score (nSPS) is 11.5. The molecule has 0 radical (unpaired) electrons. The molecule has 3 rings (SSSR count). The molecule has 0 spiro atoms. The van der Waals surface area contributed by atoms with Crippen LogP contribution < -0.4 is 5.32 Å². The van der Waals surface area contributed by atoms with Gasteiger partial charge in [-0.05, 0) is 55.0 Å². The average Bonchev–Trinajstić information content (AvgIpc) is 2.69. The number of amides is 1. The number of anilines is 1. The second-order valence-corrected chi connectivity index (χ2v) is 9.62. The van der Waals surface area contributed by atoms with E-state index >= 15 is 0 Å². The van der Waals surface area contributed by atoms with Crippen LogP contribution in [0.25, 0.3) is 0 Å². The maximum absolute atomic E-state index is 13.4. The number of hydrogen-bond acceptors (Lipinski definition) is 3. The molecule has 0 saturated carbocycles. The van der Waals surface area contributed by atoms with E-state index in [0.29, 0.717) is 0 Å². The standard InChI is InChI=1S/C22H20BrFN2O3S/c1-16-5-11-21(12-6-16)30(28,29)26(14-17-7-9-18(23)10-8-17)15-22(27)25-20-4-2-3-19(24)13-20/h2-13H,14-15H2,1H3,(H,25,27). The molecule has 30 heavy (non-hydrogen) atoms.